The van der Waals surface area contributed by atoms with Gasteiger partial charge >= 0.3 is 0 Å². The predicted octanol–water partition coefficient (Wildman–Crippen LogP) is 4.66. The summed E-state index contributed by atoms with van der Waals surface area (Å²) in [7, 11) is 0. The van der Waals surface area contributed by atoms with Gasteiger partial charge in [0, 0.05) is 21.4 Å². The standard InChI is InChI=1S/C22H15ClN6O/c23-13-8-9-18-16(10-13)20(28-22(24)27-18)14-5-1-2-7-17(14)26-21(30)15-6-3-4-12-11-25-29-19(12)15/h1-11H,(H,25,29)(H,26,30)(H2,24,27,28). The third-order valence-electron chi connectivity index (χ3n) is 4.83. The van der Waals surface area contributed by atoms with Gasteiger partial charge in [-0.2, -0.15) is 5.10 Å². The maximum Gasteiger partial charge on any atom is 0.257 e. The van der Waals surface area contributed by atoms with Gasteiger partial charge in [-0.1, -0.05) is 41.9 Å². The zero-order valence-electron chi connectivity index (χ0n) is 15.6. The van der Waals surface area contributed by atoms with E-state index in [1.165, 1.54) is 0 Å². The minimum Gasteiger partial charge on any atom is -0.368 e. The Bertz CT molecular complexity index is 1430. The number of carbonyl (C=O) groups excluding carboxylic acids is 1. The van der Waals surface area contributed by atoms with Crippen LogP contribution in [0.2, 0.25) is 5.02 Å². The normalized spacial score (nSPS) is 11.1. The molecule has 0 spiro atoms. The molecular weight excluding hydrogens is 400 g/mol. The molecule has 2 aromatic heterocycles. The molecule has 4 N–H and O–H groups in total. The average molecular weight is 415 g/mol. The number of fused-ring (bicyclic) bond motifs is 2. The fraction of sp³-hybridized carbons (Fsp3) is 0. The van der Waals surface area contributed by atoms with E-state index < -0.39 is 0 Å². The molecule has 0 aliphatic rings. The van der Waals surface area contributed by atoms with E-state index in [4.69, 9.17) is 17.3 Å². The lowest BCUT2D eigenvalue weighted by molar-refractivity contribution is 0.102. The van der Waals surface area contributed by atoms with Gasteiger partial charge in [0.1, 0.15) is 0 Å². The van der Waals surface area contributed by atoms with Crippen LogP contribution in [0.3, 0.4) is 0 Å². The molecule has 5 aromatic rings. The van der Waals surface area contributed by atoms with Crippen LogP contribution < -0.4 is 11.1 Å². The van der Waals surface area contributed by atoms with Crippen molar-refractivity contribution in [1.29, 1.82) is 0 Å². The maximum absolute atomic E-state index is 13.1. The lowest BCUT2D eigenvalue weighted by Crippen LogP contribution is -2.13. The van der Waals surface area contributed by atoms with Gasteiger partial charge in [0.2, 0.25) is 5.95 Å². The highest BCUT2D eigenvalue weighted by Crippen LogP contribution is 2.33. The Morgan fingerprint density at radius 1 is 1.03 bits per heavy atom. The van der Waals surface area contributed by atoms with E-state index in [0.29, 0.717) is 38.6 Å². The van der Waals surface area contributed by atoms with Crippen LogP contribution in [0.5, 0.6) is 0 Å². The van der Waals surface area contributed by atoms with E-state index >= 15 is 0 Å². The molecule has 30 heavy (non-hydrogen) atoms. The molecule has 2 heterocycles. The molecule has 0 atom stereocenters. The first-order valence-electron chi connectivity index (χ1n) is 9.16. The highest BCUT2D eigenvalue weighted by molar-refractivity contribution is 6.31. The van der Waals surface area contributed by atoms with Crippen molar-refractivity contribution in [3.05, 3.63) is 77.4 Å². The van der Waals surface area contributed by atoms with Crippen LogP contribution in [0.15, 0.2) is 66.9 Å². The third kappa shape index (κ3) is 3.11. The van der Waals surface area contributed by atoms with E-state index in [1.807, 2.05) is 36.4 Å². The third-order valence-corrected chi connectivity index (χ3v) is 5.06. The molecule has 0 bridgehead atoms. The molecule has 0 aliphatic carbocycles. The number of hydrogen-bond acceptors (Lipinski definition) is 5. The number of halogens is 1. The summed E-state index contributed by atoms with van der Waals surface area (Å²) in [5.41, 5.74) is 9.68. The molecule has 146 valence electrons. The number of nitrogens with zero attached hydrogens (tertiary/aromatic N) is 3. The highest BCUT2D eigenvalue weighted by Gasteiger charge is 2.17. The van der Waals surface area contributed by atoms with Crippen LogP contribution in [-0.4, -0.2) is 26.1 Å². The van der Waals surface area contributed by atoms with Crippen LogP contribution in [0.1, 0.15) is 10.4 Å². The summed E-state index contributed by atoms with van der Waals surface area (Å²) < 4.78 is 0. The average Bonchev–Trinajstić information content (AvgIpc) is 3.23. The second-order valence-corrected chi connectivity index (χ2v) is 7.17. The number of carbonyl (C=O) groups is 1. The molecular formula is C22H15ClN6O. The van der Waals surface area contributed by atoms with Crippen molar-refractivity contribution in [3.63, 3.8) is 0 Å². The Kier molecular flexibility index (Phi) is 4.30. The van der Waals surface area contributed by atoms with E-state index in [-0.39, 0.29) is 11.9 Å². The van der Waals surface area contributed by atoms with Crippen LogP contribution in [0.4, 0.5) is 11.6 Å². The van der Waals surface area contributed by atoms with Gasteiger partial charge in [0.15, 0.2) is 0 Å². The molecule has 0 fully saturated rings. The number of benzene rings is 3. The lowest BCUT2D eigenvalue weighted by Gasteiger charge is -2.13. The quantitative estimate of drug-likeness (QED) is 0.397. The molecule has 0 aliphatic heterocycles. The molecule has 5 rings (SSSR count). The van der Waals surface area contributed by atoms with Crippen molar-refractivity contribution in [1.82, 2.24) is 20.2 Å². The van der Waals surface area contributed by atoms with Gasteiger partial charge in [-0.25, -0.2) is 9.97 Å². The summed E-state index contributed by atoms with van der Waals surface area (Å²) in [4.78, 5) is 21.8. The van der Waals surface area contributed by atoms with Gasteiger partial charge in [0.05, 0.1) is 34.2 Å². The Balaban J connectivity index is 1.62. The number of amides is 1. The first kappa shape index (κ1) is 18.1. The zero-order chi connectivity index (χ0) is 20.7. The van der Waals surface area contributed by atoms with Crippen molar-refractivity contribution in [2.45, 2.75) is 0 Å². The Hall–Kier alpha value is -3.97. The summed E-state index contributed by atoms with van der Waals surface area (Å²) in [6.07, 6.45) is 1.68. The second kappa shape index (κ2) is 7.13. The number of nitrogens with two attached hydrogens (primary N) is 1. The first-order valence-corrected chi connectivity index (χ1v) is 9.53. The topological polar surface area (TPSA) is 110 Å². The first-order chi connectivity index (χ1) is 14.6. The van der Waals surface area contributed by atoms with Crippen LogP contribution >= 0.6 is 11.6 Å². The van der Waals surface area contributed by atoms with Crippen LogP contribution in [0, 0.1) is 0 Å². The highest BCUT2D eigenvalue weighted by atomic mass is 35.5. The fourth-order valence-corrected chi connectivity index (χ4v) is 3.64. The molecule has 0 radical (unpaired) electrons. The Morgan fingerprint density at radius 2 is 1.90 bits per heavy atom. The van der Waals surface area contributed by atoms with Gasteiger partial charge in [-0.15, -0.1) is 0 Å². The number of H-pyrrole nitrogens is 1. The summed E-state index contributed by atoms with van der Waals surface area (Å²) >= 11 is 6.20. The van der Waals surface area contributed by atoms with Crippen molar-refractivity contribution in [2.75, 3.05) is 11.1 Å². The molecule has 0 saturated carbocycles. The molecule has 3 aromatic carbocycles. The summed E-state index contributed by atoms with van der Waals surface area (Å²) in [6.45, 7) is 0. The number of nitrogens with one attached hydrogen (secondary N) is 2. The van der Waals surface area contributed by atoms with Crippen molar-refractivity contribution < 1.29 is 4.79 Å². The SMILES string of the molecule is Nc1nc(-c2ccccc2NC(=O)c2cccc3cn[nH]c23)c2cc(Cl)ccc2n1. The second-order valence-electron chi connectivity index (χ2n) is 6.73. The predicted molar refractivity (Wildman–Crippen MR) is 118 cm³/mol. The maximum atomic E-state index is 13.1. The minimum absolute atomic E-state index is 0.142. The zero-order valence-corrected chi connectivity index (χ0v) is 16.3. The fourth-order valence-electron chi connectivity index (χ4n) is 3.47. The molecule has 0 unspecified atom stereocenters. The van der Waals surface area contributed by atoms with Crippen LogP contribution in [-0.2, 0) is 0 Å². The van der Waals surface area contributed by atoms with E-state index in [9.17, 15) is 4.79 Å². The smallest absolute Gasteiger partial charge is 0.257 e. The van der Waals surface area contributed by atoms with Gasteiger partial charge in [-0.3, -0.25) is 9.89 Å². The number of anilines is 2. The molecule has 1 amide bonds. The van der Waals surface area contributed by atoms with E-state index in [0.717, 1.165) is 10.8 Å². The van der Waals surface area contributed by atoms with Gasteiger partial charge in [0.25, 0.3) is 5.91 Å². The van der Waals surface area contributed by atoms with Crippen molar-refractivity contribution >= 4 is 50.9 Å². The van der Waals surface area contributed by atoms with Gasteiger partial charge < -0.3 is 11.1 Å². The van der Waals surface area contributed by atoms with E-state index in [1.54, 1.807) is 30.5 Å². The van der Waals surface area contributed by atoms with E-state index in [2.05, 4.69) is 25.5 Å². The van der Waals surface area contributed by atoms with Gasteiger partial charge in [-0.05, 0) is 30.3 Å². The number of rotatable bonds is 3. The minimum atomic E-state index is -0.262. The monoisotopic (exact) mass is 414 g/mol. The number of nitrogen functional groups attached to an aromatic ring is 1. The number of aromatic nitrogens is 4. The molecule has 7 nitrogen and oxygen atoms in total. The van der Waals surface area contributed by atoms with Crippen LogP contribution in [0.25, 0.3) is 33.1 Å². The number of aromatic amines is 1. The molecule has 0 saturated heterocycles. The Morgan fingerprint density at radius 3 is 2.80 bits per heavy atom. The number of hydrogen-bond donors (Lipinski definition) is 3. The summed E-state index contributed by atoms with van der Waals surface area (Å²) in [6, 6.07) is 18.2. The largest absolute Gasteiger partial charge is 0.368 e. The van der Waals surface area contributed by atoms with Crippen molar-refractivity contribution in [3.8, 4) is 11.3 Å². The Labute approximate surface area is 175 Å². The summed E-state index contributed by atoms with van der Waals surface area (Å²) in [5.74, 6) is -0.121. The molecule has 8 heteroatoms. The summed E-state index contributed by atoms with van der Waals surface area (Å²) in [5, 5.41) is 12.0. The van der Waals surface area contributed by atoms with Crippen molar-refractivity contribution in [2.24, 2.45) is 0 Å². The lowest BCUT2D eigenvalue weighted by atomic mass is 10.0. The number of para-hydroxylation sites is 2.